The van der Waals surface area contributed by atoms with Crippen LogP contribution in [0.3, 0.4) is 0 Å². The van der Waals surface area contributed by atoms with Crippen LogP contribution in [0.2, 0.25) is 5.15 Å². The molecule has 0 atom stereocenters. The molecule has 3 rings (SSSR count). The van der Waals surface area contributed by atoms with E-state index in [0.29, 0.717) is 17.0 Å². The smallest absolute Gasteiger partial charge is 0.155 e. The largest absolute Gasteiger partial charge is 0.298 e. The Kier molecular flexibility index (Phi) is 2.58. The lowest BCUT2D eigenvalue weighted by molar-refractivity contribution is 0.307. The molecule has 0 aliphatic heterocycles. The highest BCUT2D eigenvalue weighted by Crippen LogP contribution is 2.41. The molecule has 0 unspecified atom stereocenters. The van der Waals surface area contributed by atoms with Crippen molar-refractivity contribution in [2.45, 2.75) is 18.8 Å². The van der Waals surface area contributed by atoms with Gasteiger partial charge in [0.05, 0.1) is 0 Å². The van der Waals surface area contributed by atoms with Crippen molar-refractivity contribution in [1.29, 1.82) is 0 Å². The number of rotatable bonds is 1. The van der Waals surface area contributed by atoms with Gasteiger partial charge in [0.15, 0.2) is 5.15 Å². The summed E-state index contributed by atoms with van der Waals surface area (Å²) in [6, 6.07) is 0. The second kappa shape index (κ2) is 3.84. The molecule has 1 saturated carbocycles. The molecule has 0 bridgehead atoms. The van der Waals surface area contributed by atoms with E-state index in [1.807, 2.05) is 6.20 Å². The van der Waals surface area contributed by atoms with Crippen molar-refractivity contribution in [2.24, 2.45) is 5.92 Å². The topological polar surface area (TPSA) is 30.2 Å². The van der Waals surface area contributed by atoms with Crippen LogP contribution in [-0.2, 0) is 0 Å². The molecule has 1 fully saturated rings. The highest BCUT2D eigenvalue weighted by Gasteiger charge is 2.31. The summed E-state index contributed by atoms with van der Waals surface area (Å²) in [5, 5.41) is 0.524. The molecule has 0 saturated heterocycles. The van der Waals surface area contributed by atoms with Crippen LogP contribution in [0.25, 0.3) is 5.52 Å². The maximum atomic E-state index is 6.08. The monoisotopic (exact) mass is 346 g/mol. The van der Waals surface area contributed by atoms with Crippen LogP contribution in [-0.4, -0.2) is 14.4 Å². The van der Waals surface area contributed by atoms with Crippen molar-refractivity contribution in [3.8, 4) is 0 Å². The lowest BCUT2D eigenvalue weighted by atomic mass is 9.76. The summed E-state index contributed by atoms with van der Waals surface area (Å²) in [5.41, 5.74) is 0.923. The summed E-state index contributed by atoms with van der Waals surface area (Å²) in [6.45, 7) is 4.05. The van der Waals surface area contributed by atoms with E-state index >= 15 is 0 Å². The second-order valence-corrected chi connectivity index (χ2v) is 5.61. The molecule has 1 aliphatic carbocycles. The molecule has 0 spiro atoms. The lowest BCUT2D eigenvalue weighted by Gasteiger charge is -2.31. The number of hydrogen-bond donors (Lipinski definition) is 0. The van der Waals surface area contributed by atoms with E-state index in [4.69, 9.17) is 11.6 Å². The molecule has 0 amide bonds. The zero-order chi connectivity index (χ0) is 11.3. The summed E-state index contributed by atoms with van der Waals surface area (Å²) in [7, 11) is 0. The Hall–Kier alpha value is -0.360. The summed E-state index contributed by atoms with van der Waals surface area (Å²) in [5.74, 6) is 2.20. The fourth-order valence-electron chi connectivity index (χ4n) is 2.22. The van der Waals surface area contributed by atoms with Gasteiger partial charge in [-0.25, -0.2) is 9.97 Å². The van der Waals surface area contributed by atoms with Gasteiger partial charge < -0.3 is 0 Å². The third kappa shape index (κ3) is 1.54. The van der Waals surface area contributed by atoms with E-state index < -0.39 is 0 Å². The first-order valence-electron chi connectivity index (χ1n) is 5.18. The van der Waals surface area contributed by atoms with Gasteiger partial charge in [0.1, 0.15) is 15.0 Å². The molecule has 0 aromatic carbocycles. The molecular formula is C11H10ClIN3. The van der Waals surface area contributed by atoms with Gasteiger partial charge in [0.25, 0.3) is 0 Å². The zero-order valence-corrected chi connectivity index (χ0v) is 11.4. The van der Waals surface area contributed by atoms with E-state index in [9.17, 15) is 0 Å². The Morgan fingerprint density at radius 3 is 2.94 bits per heavy atom. The molecule has 3 nitrogen and oxygen atoms in total. The van der Waals surface area contributed by atoms with E-state index in [2.05, 4.69) is 43.9 Å². The van der Waals surface area contributed by atoms with Gasteiger partial charge in [-0.2, -0.15) is 0 Å². The quantitative estimate of drug-likeness (QED) is 0.742. The highest BCUT2D eigenvalue weighted by molar-refractivity contribution is 14.1. The second-order valence-electron chi connectivity index (χ2n) is 4.23. The van der Waals surface area contributed by atoms with Gasteiger partial charge in [0.2, 0.25) is 0 Å². The van der Waals surface area contributed by atoms with Crippen LogP contribution in [0.15, 0.2) is 12.4 Å². The fourth-order valence-corrected chi connectivity index (χ4v) is 3.38. The van der Waals surface area contributed by atoms with Crippen molar-refractivity contribution in [2.75, 3.05) is 0 Å². The van der Waals surface area contributed by atoms with Crippen LogP contribution in [0.5, 0.6) is 0 Å². The maximum Gasteiger partial charge on any atom is 0.155 e. The van der Waals surface area contributed by atoms with Gasteiger partial charge in [-0.3, -0.25) is 4.40 Å². The molecule has 2 heterocycles. The molecule has 2 aromatic rings. The van der Waals surface area contributed by atoms with E-state index in [1.54, 1.807) is 6.20 Å². The van der Waals surface area contributed by atoms with Gasteiger partial charge in [-0.15, -0.1) is 0 Å². The van der Waals surface area contributed by atoms with E-state index in [-0.39, 0.29) is 0 Å². The third-order valence-electron chi connectivity index (χ3n) is 3.10. The van der Waals surface area contributed by atoms with Gasteiger partial charge >= 0.3 is 0 Å². The predicted molar refractivity (Wildman–Crippen MR) is 71.5 cm³/mol. The molecule has 5 heteroatoms. The molecule has 83 valence electrons. The average molecular weight is 347 g/mol. The summed E-state index contributed by atoms with van der Waals surface area (Å²) in [6.07, 6.45) is 5.89. The minimum atomic E-state index is 0.524. The van der Waals surface area contributed by atoms with Crippen molar-refractivity contribution >= 4 is 39.7 Å². The molecule has 0 N–H and O–H groups in total. The Morgan fingerprint density at radius 1 is 1.50 bits per heavy atom. The predicted octanol–water partition coefficient (Wildman–Crippen LogP) is 3.31. The number of nitrogens with zero attached hydrogens (tertiary/aromatic N) is 3. The zero-order valence-electron chi connectivity index (χ0n) is 8.53. The van der Waals surface area contributed by atoms with Crippen molar-refractivity contribution in [1.82, 2.24) is 14.4 Å². The molecule has 1 radical (unpaired) electrons. The van der Waals surface area contributed by atoms with Crippen LogP contribution < -0.4 is 0 Å². The number of halogens is 2. The molecule has 2 aromatic heterocycles. The first-order chi connectivity index (χ1) is 7.66. The third-order valence-corrected chi connectivity index (χ3v) is 4.12. The van der Waals surface area contributed by atoms with Crippen molar-refractivity contribution in [3.05, 3.63) is 34.0 Å². The SMILES string of the molecule is [CH2][C@H]1C[C@@H](c2nc(I)c3c(Cl)nccn32)C1. The standard InChI is InChI=1S/C11H10ClIN3/c1-6-4-7(5-6)11-15-10(13)8-9(12)14-2-3-16(8)11/h2-3,6-7H,1,4-5H2/t6-,7+. The minimum Gasteiger partial charge on any atom is -0.298 e. The number of aromatic nitrogens is 3. The minimum absolute atomic E-state index is 0.524. The van der Waals surface area contributed by atoms with Gasteiger partial charge in [-0.05, 0) is 41.4 Å². The average Bonchev–Trinajstić information content (AvgIpc) is 2.53. The maximum absolute atomic E-state index is 6.08. The van der Waals surface area contributed by atoms with Crippen molar-refractivity contribution in [3.63, 3.8) is 0 Å². The Labute approximate surface area is 112 Å². The normalized spacial score (nSPS) is 24.7. The highest BCUT2D eigenvalue weighted by atomic mass is 127. The summed E-state index contributed by atoms with van der Waals surface area (Å²) >= 11 is 8.29. The van der Waals surface area contributed by atoms with Crippen LogP contribution in [0, 0.1) is 16.5 Å². The van der Waals surface area contributed by atoms with E-state index in [1.165, 1.54) is 0 Å². The van der Waals surface area contributed by atoms with E-state index in [0.717, 1.165) is 27.9 Å². The number of fused-ring (bicyclic) bond motifs is 1. The Bertz CT molecular complexity index is 545. The number of hydrogen-bond acceptors (Lipinski definition) is 2. The summed E-state index contributed by atoms with van der Waals surface area (Å²) in [4.78, 5) is 8.69. The summed E-state index contributed by atoms with van der Waals surface area (Å²) < 4.78 is 2.99. The molecule has 16 heavy (non-hydrogen) atoms. The first-order valence-corrected chi connectivity index (χ1v) is 6.63. The van der Waals surface area contributed by atoms with Crippen LogP contribution >= 0.6 is 34.2 Å². The molecular weight excluding hydrogens is 336 g/mol. The lowest BCUT2D eigenvalue weighted by Crippen LogP contribution is -2.21. The Morgan fingerprint density at radius 2 is 2.25 bits per heavy atom. The van der Waals surface area contributed by atoms with Gasteiger partial charge in [0, 0.05) is 18.3 Å². The van der Waals surface area contributed by atoms with Gasteiger partial charge in [-0.1, -0.05) is 18.5 Å². The first kappa shape index (κ1) is 10.8. The Balaban J connectivity index is 2.16. The van der Waals surface area contributed by atoms with Crippen molar-refractivity contribution < 1.29 is 0 Å². The number of imidazole rings is 1. The van der Waals surface area contributed by atoms with Crippen LogP contribution in [0.1, 0.15) is 24.6 Å². The molecule has 1 aliphatic rings. The fraction of sp³-hybridized carbons (Fsp3) is 0.364. The van der Waals surface area contributed by atoms with Crippen LogP contribution in [0.4, 0.5) is 0 Å².